The van der Waals surface area contributed by atoms with Crippen molar-refractivity contribution >= 4 is 17.8 Å². The van der Waals surface area contributed by atoms with Crippen LogP contribution in [0.5, 0.6) is 17.2 Å². The van der Waals surface area contributed by atoms with E-state index in [9.17, 15) is 9.59 Å². The summed E-state index contributed by atoms with van der Waals surface area (Å²) in [5.74, 6) is 1.04. The van der Waals surface area contributed by atoms with Crippen LogP contribution in [0, 0.1) is 0 Å². The van der Waals surface area contributed by atoms with Gasteiger partial charge in [0.2, 0.25) is 0 Å². The highest BCUT2D eigenvalue weighted by molar-refractivity contribution is 6.07. The first-order valence-corrected chi connectivity index (χ1v) is 8.92. The molecule has 3 aromatic rings. The molecule has 0 heterocycles. The van der Waals surface area contributed by atoms with Crippen molar-refractivity contribution in [2.45, 2.75) is 0 Å². The van der Waals surface area contributed by atoms with Gasteiger partial charge in [0.25, 0.3) is 0 Å². The summed E-state index contributed by atoms with van der Waals surface area (Å²) >= 11 is 0. The van der Waals surface area contributed by atoms with E-state index >= 15 is 0 Å². The van der Waals surface area contributed by atoms with Crippen LogP contribution < -0.4 is 14.2 Å². The summed E-state index contributed by atoms with van der Waals surface area (Å²) in [7, 11) is 3.14. The minimum absolute atomic E-state index is 0.184. The van der Waals surface area contributed by atoms with Gasteiger partial charge in [0.15, 0.2) is 5.78 Å². The fraction of sp³-hybridized carbons (Fsp3) is 0.0833. The highest BCUT2D eigenvalue weighted by Gasteiger charge is 2.09. The molecule has 3 rings (SSSR count). The molecule has 5 heteroatoms. The fourth-order valence-corrected chi connectivity index (χ4v) is 2.66. The summed E-state index contributed by atoms with van der Waals surface area (Å²) in [6, 6.07) is 20.5. The van der Waals surface area contributed by atoms with Crippen LogP contribution in [-0.4, -0.2) is 26.0 Å². The van der Waals surface area contributed by atoms with E-state index < -0.39 is 5.97 Å². The van der Waals surface area contributed by atoms with E-state index in [1.165, 1.54) is 6.08 Å². The number of esters is 1. The molecule has 0 N–H and O–H groups in total. The largest absolute Gasteiger partial charge is 0.497 e. The predicted molar refractivity (Wildman–Crippen MR) is 111 cm³/mol. The summed E-state index contributed by atoms with van der Waals surface area (Å²) in [6.07, 6.45) is 3.13. The van der Waals surface area contributed by atoms with Crippen LogP contribution in [0.1, 0.15) is 26.3 Å². The van der Waals surface area contributed by atoms with Gasteiger partial charge in [0.1, 0.15) is 17.2 Å². The number of benzene rings is 3. The molecule has 0 aromatic heterocycles. The van der Waals surface area contributed by atoms with Gasteiger partial charge in [0.05, 0.1) is 19.8 Å². The van der Waals surface area contributed by atoms with Crippen molar-refractivity contribution < 1.29 is 23.8 Å². The first-order valence-electron chi connectivity index (χ1n) is 8.92. The van der Waals surface area contributed by atoms with Crippen LogP contribution in [0.15, 0.2) is 78.9 Å². The monoisotopic (exact) mass is 388 g/mol. The molecule has 5 nitrogen and oxygen atoms in total. The summed E-state index contributed by atoms with van der Waals surface area (Å²) < 4.78 is 15.8. The molecule has 0 atom stereocenters. The maximum absolute atomic E-state index is 12.5. The number of ketones is 1. The van der Waals surface area contributed by atoms with Gasteiger partial charge in [-0.1, -0.05) is 18.2 Å². The normalized spacial score (nSPS) is 10.6. The van der Waals surface area contributed by atoms with Gasteiger partial charge in [-0.15, -0.1) is 0 Å². The van der Waals surface area contributed by atoms with Crippen LogP contribution in [0.3, 0.4) is 0 Å². The number of ether oxygens (including phenoxy) is 3. The van der Waals surface area contributed by atoms with E-state index in [1.807, 2.05) is 6.07 Å². The lowest BCUT2D eigenvalue weighted by Crippen LogP contribution is -2.08. The molecule has 0 unspecified atom stereocenters. The van der Waals surface area contributed by atoms with Gasteiger partial charge < -0.3 is 14.2 Å². The zero-order chi connectivity index (χ0) is 20.6. The van der Waals surface area contributed by atoms with Gasteiger partial charge >= 0.3 is 5.97 Å². The number of carbonyl (C=O) groups excluding carboxylic acids is 2. The Kier molecular flexibility index (Phi) is 6.43. The second kappa shape index (κ2) is 9.37. The van der Waals surface area contributed by atoms with E-state index in [2.05, 4.69) is 0 Å². The van der Waals surface area contributed by atoms with E-state index in [1.54, 1.807) is 87.0 Å². The average molecular weight is 388 g/mol. The maximum atomic E-state index is 12.5. The molecule has 0 saturated heterocycles. The molecule has 0 aliphatic carbocycles. The second-order valence-electron chi connectivity index (χ2n) is 6.09. The lowest BCUT2D eigenvalue weighted by molar-refractivity contribution is 0.0734. The zero-order valence-corrected chi connectivity index (χ0v) is 16.1. The Hall–Kier alpha value is -3.86. The van der Waals surface area contributed by atoms with Gasteiger partial charge in [0, 0.05) is 11.1 Å². The van der Waals surface area contributed by atoms with Crippen molar-refractivity contribution in [3.63, 3.8) is 0 Å². The summed E-state index contributed by atoms with van der Waals surface area (Å²) in [5, 5.41) is 0. The molecule has 0 bridgehead atoms. The molecule has 146 valence electrons. The third-order valence-corrected chi connectivity index (χ3v) is 4.21. The van der Waals surface area contributed by atoms with Gasteiger partial charge in [-0.25, -0.2) is 4.79 Å². The topological polar surface area (TPSA) is 61.8 Å². The summed E-state index contributed by atoms with van der Waals surface area (Å²) in [6.45, 7) is 0. The van der Waals surface area contributed by atoms with Crippen molar-refractivity contribution in [3.8, 4) is 17.2 Å². The van der Waals surface area contributed by atoms with Crippen LogP contribution in [0.2, 0.25) is 0 Å². The smallest absolute Gasteiger partial charge is 0.343 e. The zero-order valence-electron chi connectivity index (χ0n) is 16.1. The van der Waals surface area contributed by atoms with Crippen molar-refractivity contribution in [3.05, 3.63) is 95.6 Å². The molecule has 3 aromatic carbocycles. The van der Waals surface area contributed by atoms with Crippen LogP contribution in [0.4, 0.5) is 0 Å². The Morgan fingerprint density at radius 1 is 0.759 bits per heavy atom. The Balaban J connectivity index is 1.69. The molecule has 0 aliphatic heterocycles. The second-order valence-corrected chi connectivity index (χ2v) is 6.09. The first-order chi connectivity index (χ1) is 14.1. The SMILES string of the molecule is COc1ccc(OC)c(C=CC(=O)c2ccc(OC(=O)c3ccccc3)cc2)c1. The molecule has 0 spiro atoms. The molecular formula is C24H20O5. The number of allylic oxidation sites excluding steroid dienone is 1. The molecule has 0 saturated carbocycles. The van der Waals surface area contributed by atoms with Gasteiger partial charge in [-0.05, 0) is 66.7 Å². The summed E-state index contributed by atoms with van der Waals surface area (Å²) in [5.41, 5.74) is 1.67. The first kappa shape index (κ1) is 19.9. The molecule has 0 aliphatic rings. The predicted octanol–water partition coefficient (Wildman–Crippen LogP) is 4.82. The molecule has 29 heavy (non-hydrogen) atoms. The van der Waals surface area contributed by atoms with E-state index in [-0.39, 0.29) is 5.78 Å². The number of hydrogen-bond donors (Lipinski definition) is 0. The van der Waals surface area contributed by atoms with Crippen LogP contribution in [-0.2, 0) is 0 Å². The fourth-order valence-electron chi connectivity index (χ4n) is 2.66. The quantitative estimate of drug-likeness (QED) is 0.251. The average Bonchev–Trinajstić information content (AvgIpc) is 2.78. The Labute approximate surface area is 169 Å². The summed E-state index contributed by atoms with van der Waals surface area (Å²) in [4.78, 5) is 24.5. The van der Waals surface area contributed by atoms with E-state index in [0.717, 1.165) is 5.56 Å². The van der Waals surface area contributed by atoms with Gasteiger partial charge in [-0.3, -0.25) is 4.79 Å². The number of methoxy groups -OCH3 is 2. The Morgan fingerprint density at radius 2 is 1.45 bits per heavy atom. The van der Waals surface area contributed by atoms with E-state index in [4.69, 9.17) is 14.2 Å². The van der Waals surface area contributed by atoms with Crippen LogP contribution >= 0.6 is 0 Å². The highest BCUT2D eigenvalue weighted by atomic mass is 16.5. The standard InChI is InChI=1S/C24H20O5/c1-27-21-13-15-23(28-2)19(16-21)10-14-22(25)17-8-11-20(12-9-17)29-24(26)18-6-4-3-5-7-18/h3-16H,1-2H3. The number of carbonyl (C=O) groups is 2. The van der Waals surface area contributed by atoms with Crippen LogP contribution in [0.25, 0.3) is 6.08 Å². The van der Waals surface area contributed by atoms with Crippen molar-refractivity contribution in [1.82, 2.24) is 0 Å². The lowest BCUT2D eigenvalue weighted by atomic mass is 10.1. The third-order valence-electron chi connectivity index (χ3n) is 4.21. The van der Waals surface area contributed by atoms with Gasteiger partial charge in [-0.2, -0.15) is 0 Å². The molecular weight excluding hydrogens is 368 g/mol. The third kappa shape index (κ3) is 5.11. The minimum atomic E-state index is -0.449. The van der Waals surface area contributed by atoms with Crippen molar-refractivity contribution in [1.29, 1.82) is 0 Å². The van der Waals surface area contributed by atoms with E-state index in [0.29, 0.717) is 28.4 Å². The Morgan fingerprint density at radius 3 is 2.10 bits per heavy atom. The molecule has 0 fully saturated rings. The lowest BCUT2D eigenvalue weighted by Gasteiger charge is -2.07. The van der Waals surface area contributed by atoms with Crippen molar-refractivity contribution in [2.24, 2.45) is 0 Å². The molecule has 0 amide bonds. The molecule has 0 radical (unpaired) electrons. The minimum Gasteiger partial charge on any atom is -0.497 e. The maximum Gasteiger partial charge on any atom is 0.343 e. The van der Waals surface area contributed by atoms with Crippen molar-refractivity contribution in [2.75, 3.05) is 14.2 Å². The highest BCUT2D eigenvalue weighted by Crippen LogP contribution is 2.25. The number of rotatable bonds is 7. The number of hydrogen-bond acceptors (Lipinski definition) is 5. The Bertz CT molecular complexity index is 1020.